The van der Waals surface area contributed by atoms with Gasteiger partial charge in [0, 0.05) is 35.1 Å². The maximum absolute atomic E-state index is 6.21. The Kier molecular flexibility index (Phi) is 5.22. The van der Waals surface area contributed by atoms with Gasteiger partial charge < -0.3 is 14.0 Å². The first-order chi connectivity index (χ1) is 9.20. The molecule has 102 valence electrons. The lowest BCUT2D eigenvalue weighted by Gasteiger charge is -2.19. The minimum absolute atomic E-state index is 0.193. The lowest BCUT2D eigenvalue weighted by molar-refractivity contribution is -0.0784. The smallest absolute Gasteiger partial charge is 0.147 e. The van der Waals surface area contributed by atoms with Crippen molar-refractivity contribution >= 4 is 23.2 Å². The zero-order valence-corrected chi connectivity index (χ0v) is 11.9. The van der Waals surface area contributed by atoms with Crippen LogP contribution in [-0.4, -0.2) is 23.5 Å². The minimum atomic E-state index is -0.223. The molecule has 0 spiro atoms. The zero-order chi connectivity index (χ0) is 13.7. The van der Waals surface area contributed by atoms with E-state index in [1.807, 2.05) is 16.8 Å². The van der Waals surface area contributed by atoms with Crippen LogP contribution in [0, 0.1) is 0 Å². The second kappa shape index (κ2) is 6.91. The number of imidazole rings is 1. The molecule has 1 aromatic heterocycles. The summed E-state index contributed by atoms with van der Waals surface area (Å²) >= 11 is 12.1. The lowest BCUT2D eigenvalue weighted by atomic mass is 10.1. The molecule has 6 heteroatoms. The van der Waals surface area contributed by atoms with Crippen LogP contribution in [0.15, 0.2) is 36.9 Å². The van der Waals surface area contributed by atoms with Crippen molar-refractivity contribution in [2.24, 2.45) is 0 Å². The molecule has 0 radical (unpaired) electrons. The van der Waals surface area contributed by atoms with Gasteiger partial charge in [0.25, 0.3) is 0 Å². The number of halogens is 2. The first-order valence-corrected chi connectivity index (χ1v) is 6.47. The SMILES string of the molecule is COCOC(Cn1ccnc1)c1ccc(Cl)cc1Cl. The van der Waals surface area contributed by atoms with Crippen molar-refractivity contribution in [2.45, 2.75) is 12.6 Å². The standard InChI is InChI=1S/C13H14Cl2N2O2/c1-18-9-19-13(7-17-5-4-16-8-17)11-3-2-10(14)6-12(11)15/h2-6,8,13H,7,9H2,1H3. The summed E-state index contributed by atoms with van der Waals surface area (Å²) in [6.45, 7) is 0.795. The molecule has 1 atom stereocenters. The fraction of sp³-hybridized carbons (Fsp3) is 0.308. The van der Waals surface area contributed by atoms with Gasteiger partial charge in [-0.15, -0.1) is 0 Å². The monoisotopic (exact) mass is 300 g/mol. The van der Waals surface area contributed by atoms with Crippen LogP contribution in [0.5, 0.6) is 0 Å². The molecule has 2 aromatic rings. The van der Waals surface area contributed by atoms with E-state index in [0.29, 0.717) is 16.6 Å². The zero-order valence-electron chi connectivity index (χ0n) is 10.4. The highest BCUT2D eigenvalue weighted by Crippen LogP contribution is 2.29. The molecule has 0 N–H and O–H groups in total. The van der Waals surface area contributed by atoms with Gasteiger partial charge in [-0.3, -0.25) is 0 Å². The van der Waals surface area contributed by atoms with Crippen molar-refractivity contribution in [1.29, 1.82) is 0 Å². The number of ether oxygens (including phenoxy) is 2. The van der Waals surface area contributed by atoms with Crippen LogP contribution in [0.3, 0.4) is 0 Å². The molecule has 0 saturated carbocycles. The minimum Gasteiger partial charge on any atom is -0.359 e. The Morgan fingerprint density at radius 3 is 2.84 bits per heavy atom. The summed E-state index contributed by atoms with van der Waals surface area (Å²) in [6, 6.07) is 5.36. The number of hydrogen-bond acceptors (Lipinski definition) is 3. The van der Waals surface area contributed by atoms with Gasteiger partial charge in [0.2, 0.25) is 0 Å². The predicted molar refractivity (Wildman–Crippen MR) is 74.4 cm³/mol. The van der Waals surface area contributed by atoms with E-state index in [0.717, 1.165) is 5.56 Å². The molecule has 0 aliphatic carbocycles. The lowest BCUT2D eigenvalue weighted by Crippen LogP contribution is -2.13. The highest BCUT2D eigenvalue weighted by Gasteiger charge is 2.16. The van der Waals surface area contributed by atoms with E-state index in [2.05, 4.69) is 4.98 Å². The van der Waals surface area contributed by atoms with Gasteiger partial charge in [-0.2, -0.15) is 0 Å². The fourth-order valence-corrected chi connectivity index (χ4v) is 2.27. The number of aromatic nitrogens is 2. The molecule has 0 saturated heterocycles. The molecule has 19 heavy (non-hydrogen) atoms. The Morgan fingerprint density at radius 1 is 1.37 bits per heavy atom. The summed E-state index contributed by atoms with van der Waals surface area (Å²) in [6.07, 6.45) is 5.09. The summed E-state index contributed by atoms with van der Waals surface area (Å²) in [4.78, 5) is 4.01. The number of benzene rings is 1. The van der Waals surface area contributed by atoms with E-state index in [-0.39, 0.29) is 12.9 Å². The summed E-state index contributed by atoms with van der Waals surface area (Å²) in [5.41, 5.74) is 0.872. The molecule has 1 heterocycles. The van der Waals surface area contributed by atoms with Crippen LogP contribution in [0.2, 0.25) is 10.0 Å². The Bertz CT molecular complexity index is 517. The van der Waals surface area contributed by atoms with Crippen molar-refractivity contribution in [3.63, 3.8) is 0 Å². The molecule has 0 aliphatic heterocycles. The second-order valence-electron chi connectivity index (χ2n) is 3.99. The van der Waals surface area contributed by atoms with Crippen molar-refractivity contribution in [2.75, 3.05) is 13.9 Å². The molecule has 1 aromatic carbocycles. The van der Waals surface area contributed by atoms with Crippen molar-refractivity contribution < 1.29 is 9.47 Å². The third-order valence-corrected chi connectivity index (χ3v) is 3.19. The van der Waals surface area contributed by atoms with E-state index < -0.39 is 0 Å². The van der Waals surface area contributed by atoms with Crippen molar-refractivity contribution in [1.82, 2.24) is 9.55 Å². The second-order valence-corrected chi connectivity index (χ2v) is 4.83. The Labute approximate surface area is 121 Å². The largest absolute Gasteiger partial charge is 0.359 e. The van der Waals surface area contributed by atoms with Crippen LogP contribution in [0.25, 0.3) is 0 Å². The van der Waals surface area contributed by atoms with Crippen LogP contribution in [-0.2, 0) is 16.0 Å². The van der Waals surface area contributed by atoms with Gasteiger partial charge in [0.05, 0.1) is 12.9 Å². The highest BCUT2D eigenvalue weighted by molar-refractivity contribution is 6.35. The summed E-state index contributed by atoms with van der Waals surface area (Å²) < 4.78 is 12.6. The maximum Gasteiger partial charge on any atom is 0.147 e. The van der Waals surface area contributed by atoms with Crippen molar-refractivity contribution in [3.8, 4) is 0 Å². The first kappa shape index (κ1) is 14.3. The maximum atomic E-state index is 6.21. The molecular weight excluding hydrogens is 287 g/mol. The van der Waals surface area contributed by atoms with E-state index >= 15 is 0 Å². The topological polar surface area (TPSA) is 36.3 Å². The average Bonchev–Trinajstić information content (AvgIpc) is 2.88. The Balaban J connectivity index is 2.20. The third kappa shape index (κ3) is 3.94. The van der Waals surface area contributed by atoms with Gasteiger partial charge in [0.15, 0.2) is 0 Å². The van der Waals surface area contributed by atoms with Crippen molar-refractivity contribution in [3.05, 3.63) is 52.5 Å². The molecule has 0 bridgehead atoms. The van der Waals surface area contributed by atoms with Crippen LogP contribution >= 0.6 is 23.2 Å². The molecule has 2 rings (SSSR count). The molecule has 0 amide bonds. The predicted octanol–water partition coefficient (Wildman–Crippen LogP) is 3.55. The average molecular weight is 301 g/mol. The Morgan fingerprint density at radius 2 is 2.21 bits per heavy atom. The number of nitrogens with zero attached hydrogens (tertiary/aromatic N) is 2. The number of hydrogen-bond donors (Lipinski definition) is 0. The molecule has 4 nitrogen and oxygen atoms in total. The highest BCUT2D eigenvalue weighted by atomic mass is 35.5. The van der Waals surface area contributed by atoms with E-state index in [4.69, 9.17) is 32.7 Å². The summed E-state index contributed by atoms with van der Waals surface area (Å²) in [5.74, 6) is 0. The normalized spacial score (nSPS) is 12.6. The van der Waals surface area contributed by atoms with Gasteiger partial charge in [-0.1, -0.05) is 29.3 Å². The number of rotatable bonds is 6. The summed E-state index contributed by atoms with van der Waals surface area (Å²) in [5, 5.41) is 1.18. The summed E-state index contributed by atoms with van der Waals surface area (Å²) in [7, 11) is 1.58. The van der Waals surface area contributed by atoms with Crippen LogP contribution in [0.4, 0.5) is 0 Å². The van der Waals surface area contributed by atoms with Gasteiger partial charge >= 0.3 is 0 Å². The fourth-order valence-electron chi connectivity index (χ4n) is 1.74. The first-order valence-electron chi connectivity index (χ1n) is 5.72. The third-order valence-electron chi connectivity index (χ3n) is 2.63. The van der Waals surface area contributed by atoms with E-state index in [1.165, 1.54) is 0 Å². The molecule has 1 unspecified atom stereocenters. The van der Waals surface area contributed by atoms with Crippen LogP contribution < -0.4 is 0 Å². The quantitative estimate of drug-likeness (QED) is 0.766. The van der Waals surface area contributed by atoms with E-state index in [9.17, 15) is 0 Å². The molecular formula is C13H14Cl2N2O2. The molecule has 0 fully saturated rings. The van der Waals surface area contributed by atoms with E-state index in [1.54, 1.807) is 31.8 Å². The number of methoxy groups -OCH3 is 1. The van der Waals surface area contributed by atoms with Gasteiger partial charge in [-0.25, -0.2) is 4.98 Å². The van der Waals surface area contributed by atoms with Crippen LogP contribution in [0.1, 0.15) is 11.7 Å². The van der Waals surface area contributed by atoms with Gasteiger partial charge in [0.1, 0.15) is 12.9 Å². The molecule has 0 aliphatic rings. The van der Waals surface area contributed by atoms with Gasteiger partial charge in [-0.05, 0) is 12.1 Å². The Hall–Kier alpha value is -1.07.